The van der Waals surface area contributed by atoms with E-state index in [0.717, 1.165) is 0 Å². The first-order chi connectivity index (χ1) is 6.72. The van der Waals surface area contributed by atoms with Crippen molar-refractivity contribution in [2.75, 3.05) is 6.61 Å². The Hall–Kier alpha value is -1.10. The number of fused-ring (bicyclic) bond motifs is 1. The zero-order valence-electron chi connectivity index (χ0n) is 7.39. The third kappa shape index (κ3) is 1.48. The zero-order chi connectivity index (χ0) is 10.1. The molecule has 4 nitrogen and oxygen atoms in total. The van der Waals surface area contributed by atoms with Gasteiger partial charge in [-0.1, -0.05) is 11.6 Å². The molecule has 5 heteroatoms. The second-order valence-electron chi connectivity index (χ2n) is 3.04. The van der Waals surface area contributed by atoms with Gasteiger partial charge in [-0.3, -0.25) is 0 Å². The molecule has 2 rings (SSSR count). The Morgan fingerprint density at radius 2 is 2.43 bits per heavy atom. The Morgan fingerprint density at radius 3 is 3.07 bits per heavy atom. The van der Waals surface area contributed by atoms with E-state index in [-0.39, 0.29) is 6.61 Å². The number of aliphatic hydroxyl groups is 1. The number of nitrogens with zero attached hydrogens (tertiary/aromatic N) is 2. The van der Waals surface area contributed by atoms with Crippen molar-refractivity contribution in [3.8, 4) is 0 Å². The third-order valence-electron chi connectivity index (χ3n) is 2.03. The summed E-state index contributed by atoms with van der Waals surface area (Å²) >= 11 is 5.93. The smallest absolute Gasteiger partial charge is 0.155 e. The van der Waals surface area contributed by atoms with Gasteiger partial charge in [0.2, 0.25) is 0 Å². The van der Waals surface area contributed by atoms with Gasteiger partial charge >= 0.3 is 0 Å². The number of aliphatic hydroxyl groups excluding tert-OH is 1. The van der Waals surface area contributed by atoms with Crippen LogP contribution >= 0.6 is 11.6 Å². The maximum atomic E-state index is 8.88. The van der Waals surface area contributed by atoms with Gasteiger partial charge in [0, 0.05) is 12.4 Å². The van der Waals surface area contributed by atoms with Crippen LogP contribution in [0.2, 0.25) is 5.02 Å². The largest absolute Gasteiger partial charge is 0.394 e. The van der Waals surface area contributed by atoms with Gasteiger partial charge in [-0.25, -0.2) is 4.98 Å². The lowest BCUT2D eigenvalue weighted by molar-refractivity contribution is 0.266. The molecule has 0 saturated heterocycles. The standard InChI is InChI=1S/C9H10ClN3O/c10-6-2-1-3-13-4-8(7(11)5-14)12-9(6)13/h1-4,7,14H,5,11H2. The number of pyridine rings is 1. The van der Waals surface area contributed by atoms with Crippen molar-refractivity contribution >= 4 is 17.2 Å². The molecule has 0 radical (unpaired) electrons. The van der Waals surface area contributed by atoms with E-state index in [2.05, 4.69) is 4.98 Å². The molecule has 1 atom stereocenters. The Labute approximate surface area is 85.9 Å². The minimum atomic E-state index is -0.453. The number of hydrogen-bond donors (Lipinski definition) is 2. The summed E-state index contributed by atoms with van der Waals surface area (Å²) in [6, 6.07) is 3.13. The molecule has 2 heterocycles. The van der Waals surface area contributed by atoms with Crippen molar-refractivity contribution < 1.29 is 5.11 Å². The van der Waals surface area contributed by atoms with E-state index >= 15 is 0 Å². The number of halogens is 1. The van der Waals surface area contributed by atoms with Crippen molar-refractivity contribution in [3.05, 3.63) is 35.2 Å². The summed E-state index contributed by atoms with van der Waals surface area (Å²) in [6.07, 6.45) is 3.60. The molecule has 0 aromatic carbocycles. The van der Waals surface area contributed by atoms with Crippen LogP contribution in [0.25, 0.3) is 5.65 Å². The fourth-order valence-corrected chi connectivity index (χ4v) is 1.48. The van der Waals surface area contributed by atoms with E-state index in [1.807, 2.05) is 12.3 Å². The third-order valence-corrected chi connectivity index (χ3v) is 2.33. The summed E-state index contributed by atoms with van der Waals surface area (Å²) in [7, 11) is 0. The monoisotopic (exact) mass is 211 g/mol. The van der Waals surface area contributed by atoms with Crippen LogP contribution in [-0.2, 0) is 0 Å². The highest BCUT2D eigenvalue weighted by atomic mass is 35.5. The van der Waals surface area contributed by atoms with Crippen molar-refractivity contribution in [3.63, 3.8) is 0 Å². The van der Waals surface area contributed by atoms with Crippen LogP contribution in [0.3, 0.4) is 0 Å². The summed E-state index contributed by atoms with van der Waals surface area (Å²) in [4.78, 5) is 4.23. The minimum absolute atomic E-state index is 0.124. The average molecular weight is 212 g/mol. The lowest BCUT2D eigenvalue weighted by Crippen LogP contribution is -2.14. The molecular formula is C9H10ClN3O. The molecule has 14 heavy (non-hydrogen) atoms. The van der Waals surface area contributed by atoms with Crippen LogP contribution in [0, 0.1) is 0 Å². The van der Waals surface area contributed by atoms with Gasteiger partial charge in [-0.15, -0.1) is 0 Å². The molecule has 3 N–H and O–H groups in total. The summed E-state index contributed by atoms with van der Waals surface area (Å²) < 4.78 is 1.78. The highest BCUT2D eigenvalue weighted by Gasteiger charge is 2.10. The lowest BCUT2D eigenvalue weighted by atomic mass is 10.2. The Morgan fingerprint density at radius 1 is 1.64 bits per heavy atom. The molecule has 0 bridgehead atoms. The normalized spacial score (nSPS) is 13.4. The summed E-state index contributed by atoms with van der Waals surface area (Å²) in [5, 5.41) is 9.45. The molecule has 0 aliphatic rings. The maximum Gasteiger partial charge on any atom is 0.155 e. The number of rotatable bonds is 2. The fraction of sp³-hybridized carbons (Fsp3) is 0.222. The van der Waals surface area contributed by atoms with Gasteiger partial charge in [-0.05, 0) is 12.1 Å². The minimum Gasteiger partial charge on any atom is -0.394 e. The van der Waals surface area contributed by atoms with Gasteiger partial charge in [-0.2, -0.15) is 0 Å². The second-order valence-corrected chi connectivity index (χ2v) is 3.45. The van der Waals surface area contributed by atoms with E-state index in [0.29, 0.717) is 16.4 Å². The van der Waals surface area contributed by atoms with Crippen LogP contribution in [-0.4, -0.2) is 21.1 Å². The number of imidazole rings is 1. The maximum absolute atomic E-state index is 8.88. The lowest BCUT2D eigenvalue weighted by Gasteiger charge is -2.01. The molecule has 0 aliphatic heterocycles. The molecule has 1 unspecified atom stereocenters. The molecular weight excluding hydrogens is 202 g/mol. The Balaban J connectivity index is 2.56. The highest BCUT2D eigenvalue weighted by Crippen LogP contribution is 2.18. The summed E-state index contributed by atoms with van der Waals surface area (Å²) in [5.74, 6) is 0. The first-order valence-electron chi connectivity index (χ1n) is 4.22. The molecule has 0 fully saturated rings. The van der Waals surface area contributed by atoms with Crippen molar-refractivity contribution in [2.24, 2.45) is 5.73 Å². The summed E-state index contributed by atoms with van der Waals surface area (Å²) in [6.45, 7) is -0.124. The van der Waals surface area contributed by atoms with Gasteiger partial charge < -0.3 is 15.2 Å². The van der Waals surface area contributed by atoms with Crippen molar-refractivity contribution in [1.82, 2.24) is 9.38 Å². The molecule has 0 spiro atoms. The number of aromatic nitrogens is 2. The number of nitrogens with two attached hydrogens (primary N) is 1. The van der Waals surface area contributed by atoms with Crippen LogP contribution in [0.15, 0.2) is 24.5 Å². The molecule has 0 aliphatic carbocycles. The van der Waals surface area contributed by atoms with Crippen LogP contribution < -0.4 is 5.73 Å². The van der Waals surface area contributed by atoms with E-state index in [9.17, 15) is 0 Å². The Kier molecular flexibility index (Phi) is 2.41. The second kappa shape index (κ2) is 3.57. The van der Waals surface area contributed by atoms with Crippen molar-refractivity contribution in [1.29, 1.82) is 0 Å². The van der Waals surface area contributed by atoms with Crippen molar-refractivity contribution in [2.45, 2.75) is 6.04 Å². The SMILES string of the molecule is NC(CO)c1cn2cccc(Cl)c2n1. The van der Waals surface area contributed by atoms with Gasteiger partial charge in [0.25, 0.3) is 0 Å². The predicted molar refractivity (Wildman–Crippen MR) is 54.2 cm³/mol. The highest BCUT2D eigenvalue weighted by molar-refractivity contribution is 6.33. The Bertz CT molecular complexity index is 454. The van der Waals surface area contributed by atoms with Gasteiger partial charge in [0.1, 0.15) is 0 Å². The molecule has 2 aromatic heterocycles. The van der Waals surface area contributed by atoms with E-state index in [1.54, 1.807) is 16.7 Å². The van der Waals surface area contributed by atoms with Crippen LogP contribution in [0.5, 0.6) is 0 Å². The average Bonchev–Trinajstić information content (AvgIpc) is 2.62. The van der Waals surface area contributed by atoms with E-state index < -0.39 is 6.04 Å². The molecule has 0 saturated carbocycles. The zero-order valence-corrected chi connectivity index (χ0v) is 8.15. The van der Waals surface area contributed by atoms with E-state index in [1.165, 1.54) is 0 Å². The first-order valence-corrected chi connectivity index (χ1v) is 4.59. The number of hydrogen-bond acceptors (Lipinski definition) is 3. The predicted octanol–water partition coefficient (Wildman–Crippen LogP) is 0.980. The van der Waals surface area contributed by atoms with E-state index in [4.69, 9.17) is 22.4 Å². The first kappa shape index (κ1) is 9.45. The molecule has 0 amide bonds. The van der Waals surface area contributed by atoms with Crippen LogP contribution in [0.4, 0.5) is 0 Å². The molecule has 74 valence electrons. The van der Waals surface area contributed by atoms with Gasteiger partial charge in [0.05, 0.1) is 23.4 Å². The van der Waals surface area contributed by atoms with Gasteiger partial charge in [0.15, 0.2) is 5.65 Å². The topological polar surface area (TPSA) is 63.5 Å². The molecule has 2 aromatic rings. The quantitative estimate of drug-likeness (QED) is 0.779. The summed E-state index contributed by atoms with van der Waals surface area (Å²) in [5.41, 5.74) is 6.94. The van der Waals surface area contributed by atoms with Crippen LogP contribution in [0.1, 0.15) is 11.7 Å². The fourth-order valence-electron chi connectivity index (χ4n) is 1.27.